The number of hydrogen-bond acceptors (Lipinski definition) is 1. The van der Waals surface area contributed by atoms with Gasteiger partial charge in [0.15, 0.2) is 0 Å². The van der Waals surface area contributed by atoms with Gasteiger partial charge in [0.1, 0.15) is 0 Å². The molecular formula is C21H15Cl2NS. The Kier molecular flexibility index (Phi) is 4.76. The van der Waals surface area contributed by atoms with E-state index in [1.54, 1.807) is 0 Å². The molecule has 4 heteroatoms. The summed E-state index contributed by atoms with van der Waals surface area (Å²) in [6.45, 7) is 0. The Morgan fingerprint density at radius 2 is 1.56 bits per heavy atom. The molecule has 1 aromatic heterocycles. The zero-order chi connectivity index (χ0) is 17.2. The summed E-state index contributed by atoms with van der Waals surface area (Å²) in [7, 11) is 0. The van der Waals surface area contributed by atoms with Gasteiger partial charge in [-0.3, -0.25) is 0 Å². The first-order chi connectivity index (χ1) is 12.2. The van der Waals surface area contributed by atoms with E-state index in [0.717, 1.165) is 22.5 Å². The molecule has 4 aromatic rings. The third kappa shape index (κ3) is 3.43. The van der Waals surface area contributed by atoms with E-state index < -0.39 is 0 Å². The van der Waals surface area contributed by atoms with Crippen molar-refractivity contribution >= 4 is 45.9 Å². The lowest BCUT2D eigenvalue weighted by Crippen LogP contribution is -1.84. The van der Waals surface area contributed by atoms with Gasteiger partial charge in [-0.2, -0.15) is 0 Å². The predicted molar refractivity (Wildman–Crippen MR) is 110 cm³/mol. The zero-order valence-electron chi connectivity index (χ0n) is 13.3. The lowest BCUT2D eigenvalue weighted by molar-refractivity contribution is 1.37. The van der Waals surface area contributed by atoms with Crippen molar-refractivity contribution in [2.24, 2.45) is 0 Å². The number of para-hydroxylation sites is 1. The molecule has 1 N–H and O–H groups in total. The molecule has 0 saturated carbocycles. The number of rotatable bonds is 4. The predicted octanol–water partition coefficient (Wildman–Crippen LogP) is 7.43. The van der Waals surface area contributed by atoms with E-state index in [1.807, 2.05) is 36.0 Å². The summed E-state index contributed by atoms with van der Waals surface area (Å²) in [4.78, 5) is 4.83. The highest BCUT2D eigenvalue weighted by atomic mass is 35.5. The first-order valence-electron chi connectivity index (χ1n) is 7.95. The van der Waals surface area contributed by atoms with E-state index in [1.165, 1.54) is 15.8 Å². The number of hydrogen-bond donors (Lipinski definition) is 1. The van der Waals surface area contributed by atoms with Gasteiger partial charge < -0.3 is 4.98 Å². The van der Waals surface area contributed by atoms with Crippen LogP contribution in [0.1, 0.15) is 5.56 Å². The molecule has 3 aromatic carbocycles. The molecule has 0 aliphatic heterocycles. The molecule has 0 aliphatic carbocycles. The second kappa shape index (κ2) is 7.17. The molecule has 0 atom stereocenters. The van der Waals surface area contributed by atoms with Gasteiger partial charge >= 0.3 is 0 Å². The molecule has 0 aliphatic rings. The van der Waals surface area contributed by atoms with E-state index in [-0.39, 0.29) is 0 Å². The molecule has 1 heterocycles. The van der Waals surface area contributed by atoms with Crippen LogP contribution in [0.5, 0.6) is 0 Å². The van der Waals surface area contributed by atoms with E-state index in [2.05, 4.69) is 53.5 Å². The minimum Gasteiger partial charge on any atom is -0.354 e. The van der Waals surface area contributed by atoms with Crippen LogP contribution >= 0.6 is 35.0 Å². The summed E-state index contributed by atoms with van der Waals surface area (Å²) in [5.41, 5.74) is 4.66. The molecule has 1 nitrogen and oxygen atoms in total. The minimum atomic E-state index is 0.590. The SMILES string of the molecule is Clc1ccc(CSc2c(-c3ccccc3)[nH]c3ccccc23)cc1Cl. The topological polar surface area (TPSA) is 15.8 Å². The molecular weight excluding hydrogens is 369 g/mol. The van der Waals surface area contributed by atoms with Crippen molar-refractivity contribution in [2.45, 2.75) is 10.6 Å². The van der Waals surface area contributed by atoms with E-state index in [0.29, 0.717) is 10.0 Å². The largest absolute Gasteiger partial charge is 0.354 e. The highest BCUT2D eigenvalue weighted by molar-refractivity contribution is 7.98. The van der Waals surface area contributed by atoms with E-state index >= 15 is 0 Å². The van der Waals surface area contributed by atoms with E-state index in [4.69, 9.17) is 23.2 Å². The van der Waals surface area contributed by atoms with Crippen molar-refractivity contribution < 1.29 is 0 Å². The fourth-order valence-corrected chi connectivity index (χ4v) is 4.32. The molecule has 0 spiro atoms. The molecule has 0 saturated heterocycles. The fourth-order valence-electron chi connectivity index (χ4n) is 2.86. The average molecular weight is 384 g/mol. The lowest BCUT2D eigenvalue weighted by atomic mass is 10.1. The number of nitrogens with one attached hydrogen (secondary N) is 1. The third-order valence-corrected chi connectivity index (χ3v) is 6.02. The van der Waals surface area contributed by atoms with Gasteiger partial charge in [-0.25, -0.2) is 0 Å². The first-order valence-corrected chi connectivity index (χ1v) is 9.69. The lowest BCUT2D eigenvalue weighted by Gasteiger charge is -2.06. The molecule has 4 rings (SSSR count). The van der Waals surface area contributed by atoms with Crippen LogP contribution < -0.4 is 0 Å². The van der Waals surface area contributed by atoms with Gasteiger partial charge in [-0.15, -0.1) is 11.8 Å². The molecule has 0 amide bonds. The Morgan fingerprint density at radius 1 is 0.800 bits per heavy atom. The maximum absolute atomic E-state index is 6.15. The second-order valence-corrected chi connectivity index (χ2v) is 7.58. The molecule has 0 unspecified atom stereocenters. The number of halogens is 2. The van der Waals surface area contributed by atoms with Crippen molar-refractivity contribution in [3.8, 4) is 11.3 Å². The van der Waals surface area contributed by atoms with Crippen LogP contribution in [-0.2, 0) is 5.75 Å². The summed E-state index contributed by atoms with van der Waals surface area (Å²) in [5, 5.41) is 2.43. The van der Waals surface area contributed by atoms with Crippen LogP contribution in [0.2, 0.25) is 10.0 Å². The van der Waals surface area contributed by atoms with Crippen molar-refractivity contribution in [1.29, 1.82) is 0 Å². The van der Waals surface area contributed by atoms with E-state index in [9.17, 15) is 0 Å². The van der Waals surface area contributed by atoms with Gasteiger partial charge in [0.2, 0.25) is 0 Å². The molecule has 0 radical (unpaired) electrons. The number of H-pyrrole nitrogens is 1. The maximum atomic E-state index is 6.15. The Labute approximate surface area is 161 Å². The monoisotopic (exact) mass is 383 g/mol. The quantitative estimate of drug-likeness (QED) is 0.362. The van der Waals surface area contributed by atoms with Crippen molar-refractivity contribution in [2.75, 3.05) is 0 Å². The fraction of sp³-hybridized carbons (Fsp3) is 0.0476. The molecule has 124 valence electrons. The molecule has 25 heavy (non-hydrogen) atoms. The Bertz CT molecular complexity index is 1020. The van der Waals surface area contributed by atoms with Gasteiger partial charge in [0.25, 0.3) is 0 Å². The number of aromatic amines is 1. The number of benzene rings is 3. The molecule has 0 bridgehead atoms. The number of thioether (sulfide) groups is 1. The summed E-state index contributed by atoms with van der Waals surface area (Å²) < 4.78 is 0. The Morgan fingerprint density at radius 3 is 2.36 bits per heavy atom. The van der Waals surface area contributed by atoms with Crippen LogP contribution in [0, 0.1) is 0 Å². The minimum absolute atomic E-state index is 0.590. The van der Waals surface area contributed by atoms with Crippen LogP contribution in [-0.4, -0.2) is 4.98 Å². The maximum Gasteiger partial charge on any atom is 0.0603 e. The summed E-state index contributed by atoms with van der Waals surface area (Å²) in [6.07, 6.45) is 0. The number of fused-ring (bicyclic) bond motifs is 1. The standard InChI is InChI=1S/C21H15Cl2NS/c22-17-11-10-14(12-18(17)23)13-25-21-16-8-4-5-9-19(16)24-20(21)15-6-2-1-3-7-15/h1-12,24H,13H2. The smallest absolute Gasteiger partial charge is 0.0603 e. The number of aromatic nitrogens is 1. The van der Waals surface area contributed by atoms with Crippen molar-refractivity contribution in [3.63, 3.8) is 0 Å². The summed E-state index contributed by atoms with van der Waals surface area (Å²) >= 11 is 14.0. The highest BCUT2D eigenvalue weighted by Gasteiger charge is 2.13. The summed E-state index contributed by atoms with van der Waals surface area (Å²) in [6, 6.07) is 24.7. The highest BCUT2D eigenvalue weighted by Crippen LogP contribution is 2.39. The van der Waals surface area contributed by atoms with Crippen LogP contribution in [0.4, 0.5) is 0 Å². The van der Waals surface area contributed by atoms with Crippen LogP contribution in [0.15, 0.2) is 77.7 Å². The first kappa shape index (κ1) is 16.6. The Balaban J connectivity index is 1.73. The van der Waals surface area contributed by atoms with Crippen LogP contribution in [0.25, 0.3) is 22.2 Å². The van der Waals surface area contributed by atoms with Crippen molar-refractivity contribution in [1.82, 2.24) is 4.98 Å². The average Bonchev–Trinajstić information content (AvgIpc) is 3.02. The van der Waals surface area contributed by atoms with Crippen LogP contribution in [0.3, 0.4) is 0 Å². The van der Waals surface area contributed by atoms with Gasteiger partial charge in [-0.05, 0) is 29.3 Å². The molecule has 0 fully saturated rings. The van der Waals surface area contributed by atoms with Gasteiger partial charge in [0, 0.05) is 21.6 Å². The normalized spacial score (nSPS) is 11.1. The van der Waals surface area contributed by atoms with Gasteiger partial charge in [0.05, 0.1) is 15.7 Å². The summed E-state index contributed by atoms with van der Waals surface area (Å²) in [5.74, 6) is 0.832. The third-order valence-electron chi connectivity index (χ3n) is 4.09. The zero-order valence-corrected chi connectivity index (χ0v) is 15.6. The Hall–Kier alpha value is -1.87. The second-order valence-electron chi connectivity index (χ2n) is 5.78. The van der Waals surface area contributed by atoms with Crippen molar-refractivity contribution in [3.05, 3.63) is 88.4 Å². The van der Waals surface area contributed by atoms with Gasteiger partial charge in [-0.1, -0.05) is 77.8 Å².